The van der Waals surface area contributed by atoms with Gasteiger partial charge in [-0.15, -0.1) is 0 Å². The minimum Gasteiger partial charge on any atom is -0.376 e. The molecule has 0 radical (unpaired) electrons. The van der Waals surface area contributed by atoms with Crippen LogP contribution in [0.5, 0.6) is 0 Å². The first-order chi connectivity index (χ1) is 20.3. The van der Waals surface area contributed by atoms with E-state index < -0.39 is 0 Å². The number of anilines is 5. The molecule has 41 heavy (non-hydrogen) atoms. The predicted octanol–water partition coefficient (Wildman–Crippen LogP) is 6.32. The second-order valence-electron chi connectivity index (χ2n) is 11.1. The van der Waals surface area contributed by atoms with E-state index >= 15 is 0 Å². The first kappa shape index (κ1) is 22.6. The van der Waals surface area contributed by atoms with Crippen molar-refractivity contribution in [2.75, 3.05) is 28.3 Å². The lowest BCUT2D eigenvalue weighted by molar-refractivity contribution is 0.881. The van der Waals surface area contributed by atoms with Gasteiger partial charge >= 0.3 is 6.85 Å². The van der Waals surface area contributed by atoms with Crippen LogP contribution in [0.25, 0.3) is 27.9 Å². The molecule has 1 aromatic heterocycles. The van der Waals surface area contributed by atoms with E-state index in [9.17, 15) is 0 Å². The van der Waals surface area contributed by atoms with E-state index in [-0.39, 0.29) is 6.85 Å². The summed E-state index contributed by atoms with van der Waals surface area (Å²) in [6.07, 6.45) is 3.85. The van der Waals surface area contributed by atoms with E-state index in [1.54, 1.807) is 0 Å². The van der Waals surface area contributed by atoms with E-state index in [4.69, 9.17) is 0 Å². The van der Waals surface area contributed by atoms with Gasteiger partial charge in [0.2, 0.25) is 0 Å². The minimum absolute atomic E-state index is 0.0239. The van der Waals surface area contributed by atoms with Gasteiger partial charge in [-0.25, -0.2) is 4.68 Å². The largest absolute Gasteiger partial charge is 0.376 e. The number of fused-ring (bicyclic) bond motifs is 12. The van der Waals surface area contributed by atoms with E-state index in [1.165, 1.54) is 61.6 Å². The fourth-order valence-corrected chi connectivity index (χ4v) is 7.05. The topological polar surface area (TPSA) is 27.5 Å². The monoisotopic (exact) mass is 527 g/mol. The summed E-state index contributed by atoms with van der Waals surface area (Å²) in [5, 5.41) is 4.55. The van der Waals surface area contributed by atoms with Gasteiger partial charge in [-0.2, -0.15) is 5.10 Å². The molecule has 0 saturated heterocycles. The highest BCUT2D eigenvalue weighted by Crippen LogP contribution is 2.47. The Morgan fingerprint density at radius 3 is 1.83 bits per heavy atom. The van der Waals surface area contributed by atoms with Gasteiger partial charge in [-0.3, -0.25) is 0 Å². The molecular weight excluding hydrogens is 501 g/mol. The Labute approximate surface area is 239 Å². The molecule has 5 aromatic carbocycles. The average Bonchev–Trinajstić information content (AvgIpc) is 3.69. The second kappa shape index (κ2) is 8.39. The SMILES string of the molecule is CN1CN(c2ccc3c(c2)B2c4cc(-n5cccn5)ccc4-c4ccccc4N2c2ccccc2-3)c2ccccc21. The first-order valence-electron chi connectivity index (χ1n) is 14.1. The van der Waals surface area contributed by atoms with Crippen LogP contribution in [0.15, 0.2) is 128 Å². The Balaban J connectivity index is 1.31. The van der Waals surface area contributed by atoms with Gasteiger partial charge in [0, 0.05) is 47.6 Å². The zero-order valence-corrected chi connectivity index (χ0v) is 22.6. The highest BCUT2D eigenvalue weighted by atomic mass is 15.4. The number of rotatable bonds is 2. The number of hydrogen-bond acceptors (Lipinski definition) is 4. The predicted molar refractivity (Wildman–Crippen MR) is 170 cm³/mol. The van der Waals surface area contributed by atoms with Crippen molar-refractivity contribution < 1.29 is 0 Å². The third kappa shape index (κ3) is 3.16. The van der Waals surface area contributed by atoms with Gasteiger partial charge in [0.25, 0.3) is 0 Å². The molecule has 0 saturated carbocycles. The Morgan fingerprint density at radius 1 is 0.585 bits per heavy atom. The Morgan fingerprint density at radius 2 is 1.17 bits per heavy atom. The maximum Gasteiger partial charge on any atom is 0.329 e. The molecule has 6 heteroatoms. The van der Waals surface area contributed by atoms with Crippen LogP contribution in [-0.4, -0.2) is 30.3 Å². The third-order valence-electron chi connectivity index (χ3n) is 8.84. The van der Waals surface area contributed by atoms with Gasteiger partial charge in [-0.1, -0.05) is 60.7 Å². The number of aromatic nitrogens is 2. The highest BCUT2D eigenvalue weighted by Gasteiger charge is 2.42. The summed E-state index contributed by atoms with van der Waals surface area (Å²) in [5.41, 5.74) is 15.0. The average molecular weight is 527 g/mol. The summed E-state index contributed by atoms with van der Waals surface area (Å²) in [6.45, 7) is 0.849. The van der Waals surface area contributed by atoms with Crippen LogP contribution in [0.4, 0.5) is 28.4 Å². The molecule has 6 aromatic rings. The lowest BCUT2D eigenvalue weighted by atomic mass is 9.43. The minimum atomic E-state index is 0.0239. The maximum absolute atomic E-state index is 4.55. The second-order valence-corrected chi connectivity index (χ2v) is 11.1. The number of nitrogens with zero attached hydrogens (tertiary/aromatic N) is 5. The molecule has 0 bridgehead atoms. The Hall–Kier alpha value is -5.23. The van der Waals surface area contributed by atoms with Crippen molar-refractivity contribution in [1.82, 2.24) is 9.78 Å². The summed E-state index contributed by atoms with van der Waals surface area (Å²) in [6, 6.07) is 42.2. The summed E-state index contributed by atoms with van der Waals surface area (Å²) in [5.74, 6) is 0. The number of hydrogen-bond donors (Lipinski definition) is 0. The van der Waals surface area contributed by atoms with Crippen molar-refractivity contribution in [3.8, 4) is 27.9 Å². The summed E-state index contributed by atoms with van der Waals surface area (Å²) in [4.78, 5) is 7.30. The lowest BCUT2D eigenvalue weighted by Gasteiger charge is -2.43. The molecule has 0 spiro atoms. The number of benzene rings is 5. The van der Waals surface area contributed by atoms with Crippen molar-refractivity contribution in [3.05, 3.63) is 128 Å². The van der Waals surface area contributed by atoms with Crippen LogP contribution in [-0.2, 0) is 0 Å². The molecule has 5 nitrogen and oxygen atoms in total. The van der Waals surface area contributed by atoms with Gasteiger partial charge in [0.05, 0.1) is 23.7 Å². The first-order valence-corrected chi connectivity index (χ1v) is 14.1. The smallest absolute Gasteiger partial charge is 0.329 e. The van der Waals surface area contributed by atoms with Crippen molar-refractivity contribution >= 4 is 46.2 Å². The molecule has 0 fully saturated rings. The zero-order chi connectivity index (χ0) is 27.1. The van der Waals surface area contributed by atoms with E-state index in [1.807, 2.05) is 23.1 Å². The molecule has 9 rings (SSSR count). The summed E-state index contributed by atoms with van der Waals surface area (Å²) < 4.78 is 1.95. The maximum atomic E-state index is 4.55. The summed E-state index contributed by atoms with van der Waals surface area (Å²) >= 11 is 0. The van der Waals surface area contributed by atoms with Crippen LogP contribution >= 0.6 is 0 Å². The molecule has 0 aliphatic carbocycles. The molecule has 0 N–H and O–H groups in total. The normalized spacial score (nSPS) is 14.2. The van der Waals surface area contributed by atoms with Crippen LogP contribution in [0, 0.1) is 0 Å². The summed E-state index contributed by atoms with van der Waals surface area (Å²) in [7, 11) is 2.17. The van der Waals surface area contributed by atoms with Crippen LogP contribution < -0.4 is 25.5 Å². The third-order valence-corrected chi connectivity index (χ3v) is 8.84. The molecule has 0 atom stereocenters. The van der Waals surface area contributed by atoms with Crippen molar-refractivity contribution in [1.29, 1.82) is 0 Å². The Bertz CT molecular complexity index is 1980. The van der Waals surface area contributed by atoms with E-state index in [2.05, 4.69) is 136 Å². The molecule has 0 unspecified atom stereocenters. The van der Waals surface area contributed by atoms with Gasteiger partial charge < -0.3 is 14.6 Å². The quantitative estimate of drug-likeness (QED) is 0.246. The fraction of sp³-hybridized carbons (Fsp3) is 0.0571. The van der Waals surface area contributed by atoms with Crippen LogP contribution in [0.3, 0.4) is 0 Å². The molecule has 3 aliphatic rings. The van der Waals surface area contributed by atoms with Crippen molar-refractivity contribution in [2.24, 2.45) is 0 Å². The van der Waals surface area contributed by atoms with E-state index in [0.29, 0.717) is 0 Å². The van der Waals surface area contributed by atoms with Crippen LogP contribution in [0.1, 0.15) is 0 Å². The molecule has 3 aliphatic heterocycles. The Kier molecular flexibility index (Phi) is 4.62. The highest BCUT2D eigenvalue weighted by molar-refractivity contribution is 6.92. The number of para-hydroxylation sites is 4. The van der Waals surface area contributed by atoms with Crippen molar-refractivity contribution in [3.63, 3.8) is 0 Å². The zero-order valence-electron chi connectivity index (χ0n) is 22.6. The molecule has 4 heterocycles. The standard InChI is InChI=1S/C35H26BN5/c1-38-23-39(35-14-7-6-13-34(35)38)24-15-17-26-28-9-2-4-11-32(28)41-33-12-5-3-10-29(33)27-18-16-25(40-20-8-19-37-40)22-31(27)36(41)30(26)21-24/h2-22H,23H2,1H3. The van der Waals surface area contributed by atoms with Crippen molar-refractivity contribution in [2.45, 2.75) is 0 Å². The lowest BCUT2D eigenvalue weighted by Crippen LogP contribution is -2.59. The molecular formula is C35H26BN5. The van der Waals surface area contributed by atoms with Gasteiger partial charge in [0.15, 0.2) is 0 Å². The van der Waals surface area contributed by atoms with Crippen LogP contribution in [0.2, 0.25) is 0 Å². The molecule has 194 valence electrons. The van der Waals surface area contributed by atoms with Gasteiger partial charge in [0.1, 0.15) is 0 Å². The fourth-order valence-electron chi connectivity index (χ4n) is 7.05. The molecule has 0 amide bonds. The van der Waals surface area contributed by atoms with Gasteiger partial charge in [-0.05, 0) is 76.6 Å². The van der Waals surface area contributed by atoms with E-state index in [0.717, 1.165) is 12.4 Å².